The van der Waals surface area contributed by atoms with E-state index in [1.807, 2.05) is 13.0 Å². The molecule has 0 spiro atoms. The number of carbonyl (C=O) groups is 1. The summed E-state index contributed by atoms with van der Waals surface area (Å²) >= 11 is 0. The average Bonchev–Trinajstić information content (AvgIpc) is 3.17. The van der Waals surface area contributed by atoms with Crippen molar-refractivity contribution in [1.82, 2.24) is 8.87 Å². The average molecular weight is 466 g/mol. The lowest BCUT2D eigenvalue weighted by atomic mass is 10.1. The first-order valence-electron chi connectivity index (χ1n) is 10.6. The van der Waals surface area contributed by atoms with Crippen molar-refractivity contribution in [2.75, 3.05) is 20.7 Å². The molecule has 8 heteroatoms. The Labute approximate surface area is 194 Å². The number of hydrogen-bond acceptors (Lipinski definition) is 6. The Balaban J connectivity index is 2.24. The van der Waals surface area contributed by atoms with E-state index in [4.69, 9.17) is 4.74 Å². The Morgan fingerprint density at radius 3 is 2.45 bits per heavy atom. The van der Waals surface area contributed by atoms with E-state index < -0.39 is 15.8 Å². The number of allylic oxidation sites excluding steroid dienone is 1. The molecule has 0 N–H and O–H groups in total. The van der Waals surface area contributed by atoms with Gasteiger partial charge in [-0.05, 0) is 49.7 Å². The van der Waals surface area contributed by atoms with Crippen molar-refractivity contribution < 1.29 is 17.9 Å². The van der Waals surface area contributed by atoms with Crippen LogP contribution in [0.2, 0.25) is 0 Å². The number of ketones is 1. The van der Waals surface area contributed by atoms with Crippen LogP contribution < -0.4 is 4.74 Å². The third-order valence-corrected chi connectivity index (χ3v) is 6.78. The summed E-state index contributed by atoms with van der Waals surface area (Å²) in [4.78, 5) is 14.9. The summed E-state index contributed by atoms with van der Waals surface area (Å²) in [7, 11) is -0.747. The summed E-state index contributed by atoms with van der Waals surface area (Å²) in [6.45, 7) is 4.47. The molecule has 7 nitrogen and oxygen atoms in total. The molecule has 172 valence electrons. The fourth-order valence-corrected chi connectivity index (χ4v) is 4.87. The van der Waals surface area contributed by atoms with Crippen LogP contribution in [0.1, 0.15) is 35.8 Å². The van der Waals surface area contributed by atoms with Gasteiger partial charge in [0.1, 0.15) is 23.1 Å². The molecule has 33 heavy (non-hydrogen) atoms. The summed E-state index contributed by atoms with van der Waals surface area (Å²) in [5, 5.41) is 10.1. The van der Waals surface area contributed by atoms with E-state index in [9.17, 15) is 18.5 Å². The van der Waals surface area contributed by atoms with Gasteiger partial charge < -0.3 is 9.64 Å². The molecule has 0 fully saturated rings. The highest BCUT2D eigenvalue weighted by atomic mass is 32.2. The zero-order valence-electron chi connectivity index (χ0n) is 19.2. The molecule has 0 unspecified atom stereocenters. The quantitative estimate of drug-likeness (QED) is 0.200. The minimum atomic E-state index is -4.11. The van der Waals surface area contributed by atoms with Gasteiger partial charge in [0.25, 0.3) is 10.0 Å². The van der Waals surface area contributed by atoms with Gasteiger partial charge in [-0.15, -0.1) is 0 Å². The maximum Gasteiger partial charge on any atom is 0.268 e. The number of aromatic nitrogens is 1. The molecule has 0 atom stereocenters. The van der Waals surface area contributed by atoms with Crippen molar-refractivity contribution in [3.05, 3.63) is 71.6 Å². The smallest absolute Gasteiger partial charge is 0.268 e. The minimum absolute atomic E-state index is 0.0537. The molecule has 3 aromatic rings. The van der Waals surface area contributed by atoms with E-state index >= 15 is 0 Å². The van der Waals surface area contributed by atoms with Crippen LogP contribution in [0.3, 0.4) is 0 Å². The van der Waals surface area contributed by atoms with E-state index in [0.29, 0.717) is 23.3 Å². The Morgan fingerprint density at radius 2 is 1.85 bits per heavy atom. The molecule has 3 rings (SSSR count). The molecule has 0 aliphatic rings. The zero-order valence-corrected chi connectivity index (χ0v) is 20.0. The van der Waals surface area contributed by atoms with Crippen molar-refractivity contribution >= 4 is 26.7 Å². The summed E-state index contributed by atoms with van der Waals surface area (Å²) < 4.78 is 34.1. The number of benzene rings is 2. The predicted octanol–water partition coefficient (Wildman–Crippen LogP) is 4.52. The highest BCUT2D eigenvalue weighted by molar-refractivity contribution is 7.90. The van der Waals surface area contributed by atoms with Gasteiger partial charge >= 0.3 is 0 Å². The van der Waals surface area contributed by atoms with Gasteiger partial charge in [0.05, 0.1) is 17.0 Å². The SMILES string of the molecule is CCCCOc1ccc2c(c1)cc(C(=O)C(C#N)=CN(C)C)n2S(=O)(=O)c1ccc(C)cc1. The topological polar surface area (TPSA) is 92.4 Å². The lowest BCUT2D eigenvalue weighted by Crippen LogP contribution is -2.20. The van der Waals surface area contributed by atoms with Gasteiger partial charge in [0.2, 0.25) is 5.78 Å². The number of fused-ring (bicyclic) bond motifs is 1. The number of aryl methyl sites for hydroxylation is 1. The van der Waals surface area contributed by atoms with Crippen molar-refractivity contribution in [3.8, 4) is 11.8 Å². The van der Waals surface area contributed by atoms with E-state index in [2.05, 4.69) is 6.92 Å². The van der Waals surface area contributed by atoms with Gasteiger partial charge in [0, 0.05) is 25.7 Å². The fraction of sp³-hybridized carbons (Fsp3) is 0.280. The summed E-state index contributed by atoms with van der Waals surface area (Å²) in [6, 6.07) is 14.8. The third-order valence-electron chi connectivity index (χ3n) is 5.04. The van der Waals surface area contributed by atoms with Crippen LogP contribution in [0.15, 0.2) is 65.2 Å². The van der Waals surface area contributed by atoms with E-state index in [0.717, 1.165) is 22.4 Å². The number of unbranched alkanes of at least 4 members (excludes halogenated alkanes) is 1. The minimum Gasteiger partial charge on any atom is -0.494 e. The Bertz CT molecular complexity index is 1340. The number of rotatable bonds is 9. The van der Waals surface area contributed by atoms with Crippen LogP contribution in [-0.4, -0.2) is 43.8 Å². The van der Waals surface area contributed by atoms with Crippen molar-refractivity contribution in [2.45, 2.75) is 31.6 Å². The Hall–Kier alpha value is -3.57. The maximum absolute atomic E-state index is 13.6. The molecule has 0 radical (unpaired) electrons. The fourth-order valence-electron chi connectivity index (χ4n) is 3.36. The van der Waals surface area contributed by atoms with Crippen molar-refractivity contribution in [1.29, 1.82) is 5.26 Å². The molecule has 0 saturated carbocycles. The predicted molar refractivity (Wildman–Crippen MR) is 128 cm³/mol. The van der Waals surface area contributed by atoms with Crippen molar-refractivity contribution in [3.63, 3.8) is 0 Å². The lowest BCUT2D eigenvalue weighted by molar-refractivity contribution is 0.103. The summed E-state index contributed by atoms with van der Waals surface area (Å²) in [5.74, 6) is -0.0873. The van der Waals surface area contributed by atoms with Gasteiger partial charge in [-0.1, -0.05) is 31.0 Å². The highest BCUT2D eigenvalue weighted by Gasteiger charge is 2.28. The first-order valence-corrected chi connectivity index (χ1v) is 12.1. The molecule has 1 aromatic heterocycles. The van der Waals surface area contributed by atoms with E-state index in [1.54, 1.807) is 49.3 Å². The van der Waals surface area contributed by atoms with Crippen LogP contribution in [0.5, 0.6) is 5.75 Å². The van der Waals surface area contributed by atoms with Gasteiger partial charge in [-0.25, -0.2) is 12.4 Å². The van der Waals surface area contributed by atoms with E-state index in [1.165, 1.54) is 24.4 Å². The first kappa shape index (κ1) is 24.1. The highest BCUT2D eigenvalue weighted by Crippen LogP contribution is 2.30. The van der Waals surface area contributed by atoms with Crippen molar-refractivity contribution in [2.24, 2.45) is 0 Å². The summed E-state index contributed by atoms with van der Waals surface area (Å²) in [6.07, 6.45) is 3.26. The van der Waals surface area contributed by atoms with Crippen LogP contribution >= 0.6 is 0 Å². The normalized spacial score (nSPS) is 11.9. The molecule has 0 aliphatic carbocycles. The number of Topliss-reactive ketones (excluding diaryl/α,β-unsaturated/α-hetero) is 1. The number of nitriles is 1. The van der Waals surface area contributed by atoms with Crippen LogP contribution in [0.25, 0.3) is 10.9 Å². The summed E-state index contributed by atoms with van der Waals surface area (Å²) in [5.41, 5.74) is 0.981. The molecular weight excluding hydrogens is 438 g/mol. The largest absolute Gasteiger partial charge is 0.494 e. The second-order valence-corrected chi connectivity index (χ2v) is 9.77. The molecule has 1 heterocycles. The maximum atomic E-state index is 13.6. The lowest BCUT2D eigenvalue weighted by Gasteiger charge is -2.13. The van der Waals surface area contributed by atoms with Crippen LogP contribution in [0.4, 0.5) is 0 Å². The number of hydrogen-bond donors (Lipinski definition) is 0. The second-order valence-electron chi connectivity index (χ2n) is 7.98. The number of ether oxygens (including phenoxy) is 1. The van der Waals surface area contributed by atoms with Gasteiger partial charge in [0.15, 0.2) is 0 Å². The zero-order chi connectivity index (χ0) is 24.2. The second kappa shape index (κ2) is 9.92. The molecule has 0 amide bonds. The number of carbonyl (C=O) groups excluding carboxylic acids is 1. The van der Waals surface area contributed by atoms with E-state index in [-0.39, 0.29) is 16.2 Å². The molecule has 0 aliphatic heterocycles. The molecule has 2 aromatic carbocycles. The molecule has 0 saturated heterocycles. The first-order chi connectivity index (χ1) is 15.7. The Kier molecular flexibility index (Phi) is 7.24. The monoisotopic (exact) mass is 465 g/mol. The van der Waals surface area contributed by atoms with Crippen LogP contribution in [0, 0.1) is 18.3 Å². The third kappa shape index (κ3) is 5.10. The van der Waals surface area contributed by atoms with Crippen LogP contribution in [-0.2, 0) is 10.0 Å². The van der Waals surface area contributed by atoms with Gasteiger partial charge in [-0.2, -0.15) is 5.26 Å². The molecule has 0 bridgehead atoms. The number of nitrogens with zero attached hydrogens (tertiary/aromatic N) is 3. The Morgan fingerprint density at radius 1 is 1.15 bits per heavy atom. The molecular formula is C25H27N3O4S. The van der Waals surface area contributed by atoms with Gasteiger partial charge in [-0.3, -0.25) is 4.79 Å². The standard InChI is InChI=1S/C25H27N3O4S/c1-5-6-13-32-21-9-12-23-19(14-21)15-24(25(29)20(16-26)17-27(3)4)28(23)33(30,31)22-10-7-18(2)8-11-22/h7-12,14-15,17H,5-6,13H2,1-4H3.